The maximum absolute atomic E-state index is 11.5. The van der Waals surface area contributed by atoms with Gasteiger partial charge in [0.05, 0.1) is 5.01 Å². The van der Waals surface area contributed by atoms with Crippen LogP contribution in [0.5, 0.6) is 0 Å². The summed E-state index contributed by atoms with van der Waals surface area (Å²) in [7, 11) is 0. The molecule has 1 aromatic rings. The average Bonchev–Trinajstić information content (AvgIpc) is 2.52. The predicted molar refractivity (Wildman–Crippen MR) is 64.7 cm³/mol. The predicted octanol–water partition coefficient (Wildman–Crippen LogP) is 1.20. The van der Waals surface area contributed by atoms with Crippen molar-refractivity contribution in [3.63, 3.8) is 0 Å². The van der Waals surface area contributed by atoms with Gasteiger partial charge in [0.15, 0.2) is 0 Å². The Morgan fingerprint density at radius 2 is 2.33 bits per heavy atom. The van der Waals surface area contributed by atoms with Crippen LogP contribution < -0.4 is 11.1 Å². The first kappa shape index (κ1) is 14.3. The number of nitrogens with two attached hydrogens (primary N) is 1. The van der Waals surface area contributed by atoms with Gasteiger partial charge in [-0.15, -0.1) is 23.7 Å². The van der Waals surface area contributed by atoms with E-state index in [4.69, 9.17) is 5.73 Å². The SMILES string of the molecule is CC(C)NC(=O)c1csc(CCN)n1.Cl. The van der Waals surface area contributed by atoms with E-state index in [1.165, 1.54) is 11.3 Å². The van der Waals surface area contributed by atoms with Crippen LogP contribution in [-0.4, -0.2) is 23.5 Å². The highest BCUT2D eigenvalue weighted by molar-refractivity contribution is 7.09. The molecule has 0 spiro atoms. The Morgan fingerprint density at radius 3 is 2.87 bits per heavy atom. The Labute approximate surface area is 99.7 Å². The monoisotopic (exact) mass is 249 g/mol. The van der Waals surface area contributed by atoms with Crippen LogP contribution in [-0.2, 0) is 6.42 Å². The summed E-state index contributed by atoms with van der Waals surface area (Å²) in [6.07, 6.45) is 0.736. The van der Waals surface area contributed by atoms with E-state index in [1.807, 2.05) is 13.8 Å². The fourth-order valence-electron chi connectivity index (χ4n) is 0.990. The summed E-state index contributed by atoms with van der Waals surface area (Å²) in [5.74, 6) is -0.112. The smallest absolute Gasteiger partial charge is 0.270 e. The number of amides is 1. The standard InChI is InChI=1S/C9H15N3OS.ClH/c1-6(2)11-9(13)7-5-14-8(12-7)3-4-10;/h5-6H,3-4,10H2,1-2H3,(H,11,13);1H. The first-order chi connectivity index (χ1) is 6.63. The first-order valence-electron chi connectivity index (χ1n) is 4.59. The molecule has 0 aromatic carbocycles. The van der Waals surface area contributed by atoms with E-state index in [9.17, 15) is 4.79 Å². The molecule has 3 N–H and O–H groups in total. The van der Waals surface area contributed by atoms with Crippen molar-refractivity contribution in [2.45, 2.75) is 26.3 Å². The number of carbonyl (C=O) groups excluding carboxylic acids is 1. The molecule has 1 rings (SSSR count). The van der Waals surface area contributed by atoms with Gasteiger partial charge < -0.3 is 11.1 Å². The number of halogens is 1. The van der Waals surface area contributed by atoms with Gasteiger partial charge in [0.2, 0.25) is 0 Å². The first-order valence-corrected chi connectivity index (χ1v) is 5.46. The zero-order valence-electron chi connectivity index (χ0n) is 8.82. The number of rotatable bonds is 4. The molecule has 0 unspecified atom stereocenters. The summed E-state index contributed by atoms with van der Waals surface area (Å²) in [6.45, 7) is 4.41. The number of aromatic nitrogens is 1. The molecule has 0 atom stereocenters. The van der Waals surface area contributed by atoms with Crippen molar-refractivity contribution in [1.82, 2.24) is 10.3 Å². The van der Waals surface area contributed by atoms with E-state index in [2.05, 4.69) is 10.3 Å². The fourth-order valence-corrected chi connectivity index (χ4v) is 1.78. The van der Waals surface area contributed by atoms with Gasteiger partial charge in [-0.1, -0.05) is 0 Å². The molecule has 0 aliphatic carbocycles. The number of nitrogens with one attached hydrogen (secondary N) is 1. The summed E-state index contributed by atoms with van der Waals surface area (Å²) < 4.78 is 0. The molecule has 0 aliphatic rings. The normalized spacial score (nSPS) is 9.87. The maximum Gasteiger partial charge on any atom is 0.270 e. The lowest BCUT2D eigenvalue weighted by atomic mass is 10.3. The number of nitrogens with zero attached hydrogens (tertiary/aromatic N) is 1. The number of hydrogen-bond donors (Lipinski definition) is 2. The van der Waals surface area contributed by atoms with E-state index in [1.54, 1.807) is 5.38 Å². The van der Waals surface area contributed by atoms with E-state index in [0.29, 0.717) is 12.2 Å². The van der Waals surface area contributed by atoms with Crippen molar-refractivity contribution in [1.29, 1.82) is 0 Å². The van der Waals surface area contributed by atoms with Gasteiger partial charge in [-0.25, -0.2) is 4.98 Å². The second-order valence-electron chi connectivity index (χ2n) is 3.29. The minimum Gasteiger partial charge on any atom is -0.349 e. The van der Waals surface area contributed by atoms with Crippen molar-refractivity contribution >= 4 is 29.7 Å². The number of carbonyl (C=O) groups is 1. The van der Waals surface area contributed by atoms with Crippen LogP contribution in [0.1, 0.15) is 29.3 Å². The van der Waals surface area contributed by atoms with E-state index in [0.717, 1.165) is 11.4 Å². The van der Waals surface area contributed by atoms with Crippen LogP contribution in [0, 0.1) is 0 Å². The molecule has 0 aliphatic heterocycles. The highest BCUT2D eigenvalue weighted by atomic mass is 35.5. The minimum atomic E-state index is -0.112. The molecule has 6 heteroatoms. The molecule has 0 radical (unpaired) electrons. The van der Waals surface area contributed by atoms with E-state index < -0.39 is 0 Å². The van der Waals surface area contributed by atoms with Gasteiger partial charge in [0, 0.05) is 17.8 Å². The van der Waals surface area contributed by atoms with Crippen LogP contribution in [0.4, 0.5) is 0 Å². The lowest BCUT2D eigenvalue weighted by molar-refractivity contribution is 0.0938. The Hall–Kier alpha value is -0.650. The van der Waals surface area contributed by atoms with Crippen molar-refractivity contribution < 1.29 is 4.79 Å². The molecule has 1 amide bonds. The molecule has 0 fully saturated rings. The van der Waals surface area contributed by atoms with Gasteiger partial charge >= 0.3 is 0 Å². The summed E-state index contributed by atoms with van der Waals surface area (Å²) >= 11 is 1.48. The third kappa shape index (κ3) is 4.59. The average molecular weight is 250 g/mol. The summed E-state index contributed by atoms with van der Waals surface area (Å²) in [5, 5.41) is 5.47. The van der Waals surface area contributed by atoms with Crippen LogP contribution in [0.3, 0.4) is 0 Å². The van der Waals surface area contributed by atoms with E-state index in [-0.39, 0.29) is 24.4 Å². The van der Waals surface area contributed by atoms with Crippen LogP contribution in [0.2, 0.25) is 0 Å². The molecule has 4 nitrogen and oxygen atoms in total. The Kier molecular flexibility index (Phi) is 6.47. The van der Waals surface area contributed by atoms with Gasteiger partial charge in [-0.2, -0.15) is 0 Å². The van der Waals surface area contributed by atoms with Gasteiger partial charge in [-0.05, 0) is 20.4 Å². The van der Waals surface area contributed by atoms with Gasteiger partial charge in [-0.3, -0.25) is 4.79 Å². The molecule has 0 bridgehead atoms. The lowest BCUT2D eigenvalue weighted by Gasteiger charge is -2.05. The molecule has 1 aromatic heterocycles. The molecule has 15 heavy (non-hydrogen) atoms. The highest BCUT2D eigenvalue weighted by Crippen LogP contribution is 2.09. The van der Waals surface area contributed by atoms with Crippen molar-refractivity contribution in [2.75, 3.05) is 6.54 Å². The van der Waals surface area contributed by atoms with Crippen LogP contribution in [0.25, 0.3) is 0 Å². The number of thiazole rings is 1. The zero-order valence-corrected chi connectivity index (χ0v) is 10.5. The molecular formula is C9H16ClN3OS. The molecule has 0 saturated heterocycles. The topological polar surface area (TPSA) is 68.0 Å². The Bertz CT molecular complexity index is 314. The second kappa shape index (κ2) is 6.76. The summed E-state index contributed by atoms with van der Waals surface area (Å²) in [4.78, 5) is 15.7. The quantitative estimate of drug-likeness (QED) is 0.843. The van der Waals surface area contributed by atoms with Gasteiger partial charge in [0.1, 0.15) is 5.69 Å². The van der Waals surface area contributed by atoms with Crippen LogP contribution >= 0.6 is 23.7 Å². The Morgan fingerprint density at radius 1 is 1.67 bits per heavy atom. The van der Waals surface area contributed by atoms with Crippen LogP contribution in [0.15, 0.2) is 5.38 Å². The van der Waals surface area contributed by atoms with Crippen molar-refractivity contribution in [3.05, 3.63) is 16.1 Å². The second-order valence-corrected chi connectivity index (χ2v) is 4.24. The number of hydrogen-bond acceptors (Lipinski definition) is 4. The molecule has 0 saturated carbocycles. The zero-order chi connectivity index (χ0) is 10.6. The molecule has 1 heterocycles. The summed E-state index contributed by atoms with van der Waals surface area (Å²) in [5.41, 5.74) is 5.89. The van der Waals surface area contributed by atoms with Crippen molar-refractivity contribution in [2.24, 2.45) is 5.73 Å². The maximum atomic E-state index is 11.5. The highest BCUT2D eigenvalue weighted by Gasteiger charge is 2.10. The third-order valence-electron chi connectivity index (χ3n) is 1.56. The van der Waals surface area contributed by atoms with E-state index >= 15 is 0 Å². The fraction of sp³-hybridized carbons (Fsp3) is 0.556. The largest absolute Gasteiger partial charge is 0.349 e. The third-order valence-corrected chi connectivity index (χ3v) is 2.47. The summed E-state index contributed by atoms with van der Waals surface area (Å²) in [6, 6.07) is 0.141. The van der Waals surface area contributed by atoms with Crippen molar-refractivity contribution in [3.8, 4) is 0 Å². The molecular weight excluding hydrogens is 234 g/mol. The Balaban J connectivity index is 0.00000196. The molecule has 86 valence electrons. The van der Waals surface area contributed by atoms with Gasteiger partial charge in [0.25, 0.3) is 5.91 Å². The lowest BCUT2D eigenvalue weighted by Crippen LogP contribution is -2.30. The minimum absolute atomic E-state index is 0.